The van der Waals surface area contributed by atoms with Gasteiger partial charge in [-0.1, -0.05) is 24.3 Å². The number of methoxy groups -OCH3 is 1. The molecule has 0 spiro atoms. The summed E-state index contributed by atoms with van der Waals surface area (Å²) in [4.78, 5) is 27.5. The molecule has 3 aromatic carbocycles. The molecule has 3 N–H and O–H groups in total. The van der Waals surface area contributed by atoms with Crippen LogP contribution in [0.5, 0.6) is 5.75 Å². The van der Waals surface area contributed by atoms with Crippen LogP contribution >= 0.6 is 0 Å². The third-order valence-corrected chi connectivity index (χ3v) is 6.32. The van der Waals surface area contributed by atoms with Crippen molar-refractivity contribution in [3.05, 3.63) is 71.8 Å². The molecular weight excluding hydrogens is 418 g/mol. The first-order valence-corrected chi connectivity index (χ1v) is 11.0. The fourth-order valence-electron chi connectivity index (χ4n) is 4.56. The molecule has 1 saturated heterocycles. The van der Waals surface area contributed by atoms with E-state index >= 15 is 0 Å². The first kappa shape index (κ1) is 21.0. The average Bonchev–Trinajstić information content (AvgIpc) is 3.28. The maximum Gasteiger partial charge on any atom is 0.257 e. The second-order valence-electron chi connectivity index (χ2n) is 8.28. The summed E-state index contributed by atoms with van der Waals surface area (Å²) in [6.07, 6.45) is 1.69. The van der Waals surface area contributed by atoms with Crippen molar-refractivity contribution in [3.63, 3.8) is 0 Å². The zero-order chi connectivity index (χ0) is 22.9. The highest BCUT2D eigenvalue weighted by molar-refractivity contribution is 6.12. The summed E-state index contributed by atoms with van der Waals surface area (Å²) < 4.78 is 5.56. The number of nitrogens with one attached hydrogen (secondary N) is 2. The van der Waals surface area contributed by atoms with E-state index in [4.69, 9.17) is 4.74 Å². The predicted octanol–water partition coefficient (Wildman–Crippen LogP) is 4.27. The van der Waals surface area contributed by atoms with Crippen molar-refractivity contribution in [2.24, 2.45) is 0 Å². The van der Waals surface area contributed by atoms with Crippen LogP contribution in [0.3, 0.4) is 0 Å². The summed E-state index contributed by atoms with van der Waals surface area (Å²) in [5, 5.41) is 15.9. The number of benzene rings is 3. The maximum absolute atomic E-state index is 13.1. The van der Waals surface area contributed by atoms with Crippen LogP contribution in [-0.4, -0.2) is 48.1 Å². The van der Waals surface area contributed by atoms with E-state index in [1.807, 2.05) is 48.5 Å². The zero-order valence-corrected chi connectivity index (χ0v) is 18.3. The largest absolute Gasteiger partial charge is 0.496 e. The van der Waals surface area contributed by atoms with Crippen molar-refractivity contribution in [2.75, 3.05) is 30.9 Å². The number of aliphatic hydroxyl groups excluding tert-OH is 1. The van der Waals surface area contributed by atoms with Gasteiger partial charge >= 0.3 is 0 Å². The van der Waals surface area contributed by atoms with E-state index in [0.29, 0.717) is 29.1 Å². The Hall–Kier alpha value is -3.84. The first-order chi connectivity index (χ1) is 16.1. The Morgan fingerprint density at radius 1 is 1.03 bits per heavy atom. The number of hydrogen-bond acceptors (Lipinski definition) is 5. The summed E-state index contributed by atoms with van der Waals surface area (Å²) in [6, 6.07) is 18.5. The van der Waals surface area contributed by atoms with Gasteiger partial charge in [0.25, 0.3) is 11.8 Å². The molecule has 0 radical (unpaired) electrons. The monoisotopic (exact) mass is 443 g/mol. The number of carbonyl (C=O) groups excluding carboxylic acids is 2. The van der Waals surface area contributed by atoms with Gasteiger partial charge in [0.1, 0.15) is 5.75 Å². The van der Waals surface area contributed by atoms with Gasteiger partial charge in [0, 0.05) is 6.54 Å². The Morgan fingerprint density at radius 2 is 1.76 bits per heavy atom. The Labute approximate surface area is 192 Å². The normalized spacial score (nSPS) is 16.8. The highest BCUT2D eigenvalue weighted by Crippen LogP contribution is 2.36. The maximum atomic E-state index is 13.1. The number of para-hydroxylation sites is 2. The van der Waals surface area contributed by atoms with Gasteiger partial charge in [-0.15, -0.1) is 0 Å². The van der Waals surface area contributed by atoms with Gasteiger partial charge < -0.3 is 25.4 Å². The van der Waals surface area contributed by atoms with Crippen LogP contribution in [0, 0.1) is 0 Å². The first-order valence-electron chi connectivity index (χ1n) is 11.0. The fraction of sp³-hybridized carbons (Fsp3) is 0.231. The highest BCUT2D eigenvalue weighted by Gasteiger charge is 2.30. The van der Waals surface area contributed by atoms with Crippen molar-refractivity contribution >= 4 is 28.9 Å². The van der Waals surface area contributed by atoms with Crippen molar-refractivity contribution < 1.29 is 19.4 Å². The minimum absolute atomic E-state index is 0.0367. The highest BCUT2D eigenvalue weighted by atomic mass is 16.5. The summed E-state index contributed by atoms with van der Waals surface area (Å²) in [6.45, 7) is 0.597. The minimum atomic E-state index is -0.170. The molecule has 5 rings (SSSR count). The summed E-state index contributed by atoms with van der Waals surface area (Å²) in [5.41, 5.74) is 5.04. The molecule has 7 nitrogen and oxygen atoms in total. The number of carbonyl (C=O) groups is 2. The van der Waals surface area contributed by atoms with E-state index in [1.165, 1.54) is 0 Å². The molecule has 0 bridgehead atoms. The topological polar surface area (TPSA) is 90.9 Å². The van der Waals surface area contributed by atoms with E-state index < -0.39 is 0 Å². The van der Waals surface area contributed by atoms with Gasteiger partial charge in [-0.3, -0.25) is 9.59 Å². The summed E-state index contributed by atoms with van der Waals surface area (Å²) in [5.74, 6) is 0.176. The molecule has 7 heteroatoms. The Balaban J connectivity index is 1.49. The third kappa shape index (κ3) is 3.81. The predicted molar refractivity (Wildman–Crippen MR) is 127 cm³/mol. The van der Waals surface area contributed by atoms with Crippen LogP contribution < -0.4 is 15.4 Å². The van der Waals surface area contributed by atoms with Gasteiger partial charge in [0.05, 0.1) is 47.9 Å². The molecule has 2 aliphatic rings. The molecule has 2 heterocycles. The molecule has 33 heavy (non-hydrogen) atoms. The molecule has 1 fully saturated rings. The molecule has 0 saturated carbocycles. The van der Waals surface area contributed by atoms with Gasteiger partial charge in [-0.25, -0.2) is 0 Å². The Bertz CT molecular complexity index is 1240. The lowest BCUT2D eigenvalue weighted by atomic mass is 9.99. The van der Waals surface area contributed by atoms with Crippen LogP contribution in [0.2, 0.25) is 0 Å². The standard InChI is InChI=1S/C26H25N3O4/c1-33-24-14-17(9-11-20(24)26(32)29-12-4-5-18(29)15-30)16-8-10-19-23(13-16)27-21-6-2-3-7-22(21)28-25(19)31/h2-3,6-11,13-14,18,27,30H,4-5,12,15H2,1H3,(H,28,31). The molecule has 0 aromatic heterocycles. The SMILES string of the molecule is COc1cc(-c2ccc3c(c2)Nc2ccccc2NC3=O)ccc1C(=O)N1CCCC1CO. The Kier molecular flexibility index (Phi) is 5.48. The lowest BCUT2D eigenvalue weighted by Crippen LogP contribution is -2.37. The zero-order valence-electron chi connectivity index (χ0n) is 18.3. The number of ether oxygens (including phenoxy) is 1. The number of hydrogen-bond donors (Lipinski definition) is 3. The molecule has 2 amide bonds. The van der Waals surface area contributed by atoms with E-state index in [2.05, 4.69) is 10.6 Å². The number of nitrogens with zero attached hydrogens (tertiary/aromatic N) is 1. The second-order valence-corrected chi connectivity index (χ2v) is 8.28. The van der Waals surface area contributed by atoms with Crippen LogP contribution in [0.1, 0.15) is 33.6 Å². The number of fused-ring (bicyclic) bond motifs is 2. The average molecular weight is 444 g/mol. The molecule has 0 aliphatic carbocycles. The second kappa shape index (κ2) is 8.60. The fourth-order valence-corrected chi connectivity index (χ4v) is 4.56. The van der Waals surface area contributed by atoms with Crippen molar-refractivity contribution in [2.45, 2.75) is 18.9 Å². The van der Waals surface area contributed by atoms with E-state index in [9.17, 15) is 14.7 Å². The number of aliphatic hydroxyl groups is 1. The minimum Gasteiger partial charge on any atom is -0.496 e. The van der Waals surface area contributed by atoms with E-state index in [-0.39, 0.29) is 24.5 Å². The van der Waals surface area contributed by atoms with Crippen LogP contribution in [0.4, 0.5) is 17.1 Å². The molecule has 3 aromatic rings. The summed E-state index contributed by atoms with van der Waals surface area (Å²) in [7, 11) is 1.54. The number of amides is 2. The quantitative estimate of drug-likeness (QED) is 0.560. The third-order valence-electron chi connectivity index (χ3n) is 6.32. The van der Waals surface area contributed by atoms with Gasteiger partial charge in [0.2, 0.25) is 0 Å². The smallest absolute Gasteiger partial charge is 0.257 e. The molecular formula is C26H25N3O4. The van der Waals surface area contributed by atoms with Crippen LogP contribution in [0.25, 0.3) is 11.1 Å². The molecule has 1 atom stereocenters. The van der Waals surface area contributed by atoms with Crippen LogP contribution in [0.15, 0.2) is 60.7 Å². The van der Waals surface area contributed by atoms with Crippen molar-refractivity contribution in [3.8, 4) is 16.9 Å². The number of rotatable bonds is 4. The lowest BCUT2D eigenvalue weighted by molar-refractivity contribution is 0.0674. The summed E-state index contributed by atoms with van der Waals surface area (Å²) >= 11 is 0. The van der Waals surface area contributed by atoms with Gasteiger partial charge in [0.15, 0.2) is 0 Å². The molecule has 2 aliphatic heterocycles. The van der Waals surface area contributed by atoms with Crippen molar-refractivity contribution in [1.82, 2.24) is 4.90 Å². The lowest BCUT2D eigenvalue weighted by Gasteiger charge is -2.24. The van der Waals surface area contributed by atoms with E-state index in [0.717, 1.165) is 35.3 Å². The number of anilines is 3. The molecule has 1 unspecified atom stereocenters. The number of likely N-dealkylation sites (tertiary alicyclic amines) is 1. The molecule has 168 valence electrons. The van der Waals surface area contributed by atoms with Gasteiger partial charge in [-0.2, -0.15) is 0 Å². The van der Waals surface area contributed by atoms with E-state index in [1.54, 1.807) is 24.1 Å². The Morgan fingerprint density at radius 3 is 2.52 bits per heavy atom. The van der Waals surface area contributed by atoms with Gasteiger partial charge in [-0.05, 0) is 60.4 Å². The van der Waals surface area contributed by atoms with Crippen molar-refractivity contribution in [1.29, 1.82) is 0 Å². The van der Waals surface area contributed by atoms with Crippen LogP contribution in [-0.2, 0) is 0 Å².